The minimum absolute atomic E-state index is 0.399. The Kier molecular flexibility index (Phi) is 3.34. The molecule has 1 unspecified atom stereocenters. The number of halogens is 3. The standard InChI is InChI=1S/C13H10F3NO/c14-13(15,16)11-5-3-9(4-6-11)12(18)10-2-1-7-17-8-10/h1-8,12,18H. The molecule has 2 rings (SSSR count). The molecule has 94 valence electrons. The van der Waals surface area contributed by atoms with Crippen molar-refractivity contribution < 1.29 is 18.3 Å². The molecule has 5 heteroatoms. The highest BCUT2D eigenvalue weighted by Gasteiger charge is 2.30. The monoisotopic (exact) mass is 253 g/mol. The van der Waals surface area contributed by atoms with Gasteiger partial charge in [0.25, 0.3) is 0 Å². The molecule has 2 aromatic rings. The summed E-state index contributed by atoms with van der Waals surface area (Å²) in [6.45, 7) is 0. The molecular weight excluding hydrogens is 243 g/mol. The van der Waals surface area contributed by atoms with E-state index in [0.29, 0.717) is 11.1 Å². The molecule has 0 saturated heterocycles. The number of aliphatic hydroxyl groups is 1. The molecule has 1 atom stereocenters. The molecule has 0 aliphatic heterocycles. The van der Waals surface area contributed by atoms with Crippen LogP contribution in [0, 0.1) is 0 Å². The lowest BCUT2D eigenvalue weighted by Crippen LogP contribution is -2.06. The van der Waals surface area contributed by atoms with Gasteiger partial charge in [-0.05, 0) is 23.8 Å². The minimum Gasteiger partial charge on any atom is -0.384 e. The van der Waals surface area contributed by atoms with Crippen LogP contribution in [-0.4, -0.2) is 10.1 Å². The Bertz CT molecular complexity index is 508. The third-order valence-electron chi connectivity index (χ3n) is 2.55. The average Bonchev–Trinajstić information content (AvgIpc) is 2.38. The van der Waals surface area contributed by atoms with E-state index in [4.69, 9.17) is 0 Å². The smallest absolute Gasteiger partial charge is 0.384 e. The summed E-state index contributed by atoms with van der Waals surface area (Å²) in [5.74, 6) is 0. The van der Waals surface area contributed by atoms with E-state index < -0.39 is 17.8 Å². The molecule has 1 aromatic heterocycles. The molecule has 0 saturated carbocycles. The first-order valence-electron chi connectivity index (χ1n) is 5.23. The molecule has 0 amide bonds. The van der Waals surface area contributed by atoms with Crippen LogP contribution in [0.15, 0.2) is 48.8 Å². The zero-order valence-electron chi connectivity index (χ0n) is 9.22. The van der Waals surface area contributed by atoms with Crippen LogP contribution in [0.25, 0.3) is 0 Å². The van der Waals surface area contributed by atoms with E-state index >= 15 is 0 Å². The van der Waals surface area contributed by atoms with Gasteiger partial charge in [0.05, 0.1) is 5.56 Å². The molecule has 1 aromatic carbocycles. The van der Waals surface area contributed by atoms with Gasteiger partial charge in [0, 0.05) is 18.0 Å². The summed E-state index contributed by atoms with van der Waals surface area (Å²) in [6.07, 6.45) is -2.30. The Balaban J connectivity index is 2.25. The molecule has 0 radical (unpaired) electrons. The van der Waals surface area contributed by atoms with E-state index in [-0.39, 0.29) is 0 Å². The van der Waals surface area contributed by atoms with Gasteiger partial charge >= 0.3 is 6.18 Å². The summed E-state index contributed by atoms with van der Waals surface area (Å²) in [4.78, 5) is 3.85. The van der Waals surface area contributed by atoms with Gasteiger partial charge in [0.2, 0.25) is 0 Å². The average molecular weight is 253 g/mol. The minimum atomic E-state index is -4.36. The van der Waals surface area contributed by atoms with Crippen molar-refractivity contribution >= 4 is 0 Å². The molecule has 18 heavy (non-hydrogen) atoms. The molecule has 2 nitrogen and oxygen atoms in total. The van der Waals surface area contributed by atoms with Crippen LogP contribution in [0.3, 0.4) is 0 Å². The first-order valence-corrected chi connectivity index (χ1v) is 5.23. The highest BCUT2D eigenvalue weighted by molar-refractivity contribution is 5.31. The summed E-state index contributed by atoms with van der Waals surface area (Å²) in [5, 5.41) is 9.96. The van der Waals surface area contributed by atoms with Crippen LogP contribution in [-0.2, 0) is 6.18 Å². The molecule has 0 aliphatic rings. The number of pyridine rings is 1. The number of hydrogen-bond acceptors (Lipinski definition) is 2. The predicted octanol–water partition coefficient (Wildman–Crippen LogP) is 3.18. The fourth-order valence-corrected chi connectivity index (χ4v) is 1.58. The Morgan fingerprint density at radius 2 is 1.67 bits per heavy atom. The van der Waals surface area contributed by atoms with Gasteiger partial charge < -0.3 is 5.11 Å². The van der Waals surface area contributed by atoms with E-state index in [1.165, 1.54) is 18.3 Å². The maximum atomic E-state index is 12.4. The van der Waals surface area contributed by atoms with Crippen molar-refractivity contribution in [2.24, 2.45) is 0 Å². The maximum Gasteiger partial charge on any atom is 0.416 e. The van der Waals surface area contributed by atoms with Crippen LogP contribution in [0.2, 0.25) is 0 Å². The van der Waals surface area contributed by atoms with E-state index in [9.17, 15) is 18.3 Å². The molecule has 0 bridgehead atoms. The van der Waals surface area contributed by atoms with Gasteiger partial charge in [-0.25, -0.2) is 0 Å². The number of aliphatic hydroxyl groups excluding tert-OH is 1. The summed E-state index contributed by atoms with van der Waals surface area (Å²) < 4.78 is 37.1. The van der Waals surface area contributed by atoms with E-state index in [1.54, 1.807) is 18.3 Å². The first-order chi connectivity index (χ1) is 8.48. The maximum absolute atomic E-state index is 12.4. The van der Waals surface area contributed by atoms with Crippen molar-refractivity contribution in [2.75, 3.05) is 0 Å². The number of nitrogens with zero attached hydrogens (tertiary/aromatic N) is 1. The highest BCUT2D eigenvalue weighted by atomic mass is 19.4. The zero-order valence-corrected chi connectivity index (χ0v) is 9.22. The SMILES string of the molecule is OC(c1ccc(C(F)(F)F)cc1)c1cccnc1. The van der Waals surface area contributed by atoms with Gasteiger partial charge in [0.15, 0.2) is 0 Å². The largest absolute Gasteiger partial charge is 0.416 e. The van der Waals surface area contributed by atoms with Crippen LogP contribution in [0.5, 0.6) is 0 Å². The van der Waals surface area contributed by atoms with Gasteiger partial charge in [0.1, 0.15) is 6.10 Å². The molecule has 0 aliphatic carbocycles. The lowest BCUT2D eigenvalue weighted by molar-refractivity contribution is -0.137. The van der Waals surface area contributed by atoms with Crippen molar-refractivity contribution in [1.29, 1.82) is 0 Å². The number of aromatic nitrogens is 1. The van der Waals surface area contributed by atoms with E-state index in [1.807, 2.05) is 0 Å². The van der Waals surface area contributed by atoms with Gasteiger partial charge in [-0.15, -0.1) is 0 Å². The Morgan fingerprint density at radius 1 is 1.00 bits per heavy atom. The zero-order chi connectivity index (χ0) is 13.2. The normalized spacial score (nSPS) is 13.3. The van der Waals surface area contributed by atoms with Crippen LogP contribution < -0.4 is 0 Å². The third-order valence-corrected chi connectivity index (χ3v) is 2.55. The van der Waals surface area contributed by atoms with Crippen LogP contribution >= 0.6 is 0 Å². The molecular formula is C13H10F3NO. The van der Waals surface area contributed by atoms with Gasteiger partial charge in [-0.2, -0.15) is 13.2 Å². The first kappa shape index (κ1) is 12.6. The summed E-state index contributed by atoms with van der Waals surface area (Å²) in [6, 6.07) is 7.75. The number of alkyl halides is 3. The van der Waals surface area contributed by atoms with Gasteiger partial charge in [-0.3, -0.25) is 4.98 Å². The fourth-order valence-electron chi connectivity index (χ4n) is 1.58. The number of benzene rings is 1. The molecule has 1 heterocycles. The van der Waals surface area contributed by atoms with Crippen LogP contribution in [0.1, 0.15) is 22.8 Å². The van der Waals surface area contributed by atoms with Crippen molar-refractivity contribution in [2.45, 2.75) is 12.3 Å². The second-order valence-electron chi connectivity index (χ2n) is 3.81. The van der Waals surface area contributed by atoms with Crippen molar-refractivity contribution in [3.63, 3.8) is 0 Å². The quantitative estimate of drug-likeness (QED) is 0.891. The van der Waals surface area contributed by atoms with Crippen molar-refractivity contribution in [3.8, 4) is 0 Å². The second-order valence-corrected chi connectivity index (χ2v) is 3.81. The molecule has 1 N–H and O–H groups in total. The highest BCUT2D eigenvalue weighted by Crippen LogP contribution is 2.30. The second kappa shape index (κ2) is 4.78. The van der Waals surface area contributed by atoms with Gasteiger partial charge in [-0.1, -0.05) is 18.2 Å². The predicted molar refractivity (Wildman–Crippen MR) is 59.7 cm³/mol. The van der Waals surface area contributed by atoms with Crippen LogP contribution in [0.4, 0.5) is 13.2 Å². The van der Waals surface area contributed by atoms with Crippen molar-refractivity contribution in [3.05, 3.63) is 65.5 Å². The third kappa shape index (κ3) is 2.68. The summed E-state index contributed by atoms with van der Waals surface area (Å²) in [5.41, 5.74) is 0.206. The Morgan fingerprint density at radius 3 is 2.17 bits per heavy atom. The lowest BCUT2D eigenvalue weighted by Gasteiger charge is -2.12. The fraction of sp³-hybridized carbons (Fsp3) is 0.154. The Labute approximate surface area is 102 Å². The summed E-state index contributed by atoms with van der Waals surface area (Å²) >= 11 is 0. The van der Waals surface area contributed by atoms with Crippen molar-refractivity contribution in [1.82, 2.24) is 4.98 Å². The van der Waals surface area contributed by atoms with E-state index in [2.05, 4.69) is 4.98 Å². The summed E-state index contributed by atoms with van der Waals surface area (Å²) in [7, 11) is 0. The molecule has 0 fully saturated rings. The lowest BCUT2D eigenvalue weighted by atomic mass is 10.0. The molecule has 0 spiro atoms. The number of rotatable bonds is 2. The number of hydrogen-bond donors (Lipinski definition) is 1. The van der Waals surface area contributed by atoms with E-state index in [0.717, 1.165) is 12.1 Å². The Hall–Kier alpha value is -1.88. The topological polar surface area (TPSA) is 33.1 Å².